The van der Waals surface area contributed by atoms with E-state index in [9.17, 15) is 9.18 Å². The highest BCUT2D eigenvalue weighted by atomic mass is 19.1. The molecule has 0 saturated carbocycles. The smallest absolute Gasteiger partial charge is 0.253 e. The summed E-state index contributed by atoms with van der Waals surface area (Å²) < 4.78 is 24.0. The van der Waals surface area contributed by atoms with Crippen LogP contribution >= 0.6 is 0 Å². The van der Waals surface area contributed by atoms with Crippen LogP contribution in [0.5, 0.6) is 5.75 Å². The summed E-state index contributed by atoms with van der Waals surface area (Å²) in [5.41, 5.74) is 1.54. The van der Waals surface area contributed by atoms with Gasteiger partial charge in [0.1, 0.15) is 11.6 Å². The van der Waals surface area contributed by atoms with Crippen LogP contribution in [0.1, 0.15) is 46.5 Å². The van der Waals surface area contributed by atoms with E-state index < -0.39 is 0 Å². The monoisotopic (exact) mass is 395 g/mol. The number of ether oxygens (including phenoxy) is 1. The van der Waals surface area contributed by atoms with Crippen molar-refractivity contribution in [2.45, 2.75) is 25.2 Å². The number of rotatable bonds is 5. The highest BCUT2D eigenvalue weighted by molar-refractivity contribution is 5.94. The molecule has 1 unspecified atom stereocenters. The zero-order valence-electron chi connectivity index (χ0n) is 16.2. The van der Waals surface area contributed by atoms with Crippen molar-refractivity contribution in [2.24, 2.45) is 0 Å². The molecule has 1 atom stereocenters. The Morgan fingerprint density at radius 2 is 1.93 bits per heavy atom. The molecule has 4 rings (SSSR count). The maximum absolute atomic E-state index is 13.0. The number of hydrogen-bond acceptors (Lipinski definition) is 5. The number of nitrogens with zero attached hydrogens (tertiary/aromatic N) is 3. The second-order valence-corrected chi connectivity index (χ2v) is 7.16. The van der Waals surface area contributed by atoms with E-state index in [-0.39, 0.29) is 17.6 Å². The molecule has 7 heteroatoms. The number of piperidine rings is 1. The maximum Gasteiger partial charge on any atom is 0.253 e. The van der Waals surface area contributed by atoms with E-state index in [1.165, 1.54) is 12.1 Å². The molecule has 1 aliphatic heterocycles. The van der Waals surface area contributed by atoms with E-state index in [0.717, 1.165) is 24.2 Å². The van der Waals surface area contributed by atoms with Crippen LogP contribution in [0.2, 0.25) is 0 Å². The lowest BCUT2D eigenvalue weighted by atomic mass is 9.97. The van der Waals surface area contributed by atoms with Gasteiger partial charge in [0.25, 0.3) is 5.91 Å². The summed E-state index contributed by atoms with van der Waals surface area (Å²) in [6, 6.07) is 13.4. The van der Waals surface area contributed by atoms with Gasteiger partial charge in [-0.1, -0.05) is 12.1 Å². The molecule has 1 amide bonds. The van der Waals surface area contributed by atoms with Gasteiger partial charge in [0, 0.05) is 18.7 Å². The fraction of sp³-hybridized carbons (Fsp3) is 0.318. The largest absolute Gasteiger partial charge is 0.497 e. The second-order valence-electron chi connectivity index (χ2n) is 7.16. The zero-order chi connectivity index (χ0) is 20.2. The molecular formula is C22H22FN3O3. The van der Waals surface area contributed by atoms with Crippen molar-refractivity contribution >= 4 is 5.91 Å². The third-order valence-electron chi connectivity index (χ3n) is 5.15. The molecule has 1 saturated heterocycles. The van der Waals surface area contributed by atoms with Crippen LogP contribution in [0.15, 0.2) is 52.9 Å². The van der Waals surface area contributed by atoms with Gasteiger partial charge in [0.15, 0.2) is 0 Å². The molecule has 0 spiro atoms. The van der Waals surface area contributed by atoms with Crippen molar-refractivity contribution in [1.82, 2.24) is 15.1 Å². The molecule has 2 heterocycles. The van der Waals surface area contributed by atoms with Crippen LogP contribution < -0.4 is 4.74 Å². The van der Waals surface area contributed by atoms with Crippen molar-refractivity contribution in [1.29, 1.82) is 0 Å². The van der Waals surface area contributed by atoms with Crippen molar-refractivity contribution in [3.8, 4) is 5.75 Å². The molecule has 2 aromatic carbocycles. The summed E-state index contributed by atoms with van der Waals surface area (Å²) in [6.45, 7) is 1.25. The van der Waals surface area contributed by atoms with Gasteiger partial charge in [-0.3, -0.25) is 4.79 Å². The molecule has 0 aliphatic carbocycles. The van der Waals surface area contributed by atoms with Crippen LogP contribution in [0.25, 0.3) is 0 Å². The molecule has 1 aromatic heterocycles. The van der Waals surface area contributed by atoms with Gasteiger partial charge < -0.3 is 14.1 Å². The number of aromatic nitrogens is 2. The fourth-order valence-corrected chi connectivity index (χ4v) is 3.56. The number of methoxy groups -OCH3 is 1. The van der Waals surface area contributed by atoms with E-state index in [4.69, 9.17) is 9.15 Å². The normalized spacial score (nSPS) is 16.6. The zero-order valence-corrected chi connectivity index (χ0v) is 16.2. The van der Waals surface area contributed by atoms with Gasteiger partial charge >= 0.3 is 0 Å². The minimum absolute atomic E-state index is 0.0107. The molecule has 1 fully saturated rings. The van der Waals surface area contributed by atoms with Gasteiger partial charge in [0.2, 0.25) is 11.8 Å². The van der Waals surface area contributed by atoms with Crippen LogP contribution in [0.3, 0.4) is 0 Å². The Balaban J connectivity index is 1.42. The highest BCUT2D eigenvalue weighted by Crippen LogP contribution is 2.27. The Kier molecular flexibility index (Phi) is 5.55. The molecule has 150 valence electrons. The maximum atomic E-state index is 13.0. The number of halogens is 1. The van der Waals surface area contributed by atoms with Gasteiger partial charge in [-0.15, -0.1) is 10.2 Å². The molecule has 0 radical (unpaired) electrons. The first-order chi connectivity index (χ1) is 14.1. The molecule has 29 heavy (non-hydrogen) atoms. The summed E-state index contributed by atoms with van der Waals surface area (Å²) in [4.78, 5) is 14.7. The first-order valence-corrected chi connectivity index (χ1v) is 9.62. The summed E-state index contributed by atoms with van der Waals surface area (Å²) in [5, 5.41) is 8.33. The Bertz CT molecular complexity index is 970. The predicted molar refractivity (Wildman–Crippen MR) is 104 cm³/mol. The topological polar surface area (TPSA) is 68.5 Å². The number of benzene rings is 2. The molecule has 1 aliphatic rings. The van der Waals surface area contributed by atoms with Crippen molar-refractivity contribution in [3.63, 3.8) is 0 Å². The minimum atomic E-state index is -0.274. The van der Waals surface area contributed by atoms with Gasteiger partial charge in [0.05, 0.1) is 19.4 Å². The summed E-state index contributed by atoms with van der Waals surface area (Å²) in [6.07, 6.45) is 2.22. The molecule has 3 aromatic rings. The van der Waals surface area contributed by atoms with E-state index in [2.05, 4.69) is 10.2 Å². The first kappa shape index (κ1) is 19.1. The Hall–Kier alpha value is -3.22. The number of carbonyl (C=O) groups is 1. The van der Waals surface area contributed by atoms with Gasteiger partial charge in [-0.05, 0) is 54.8 Å². The predicted octanol–water partition coefficient (Wildman–Crippen LogP) is 3.83. The third-order valence-corrected chi connectivity index (χ3v) is 5.15. The number of hydrogen-bond donors (Lipinski definition) is 0. The van der Waals surface area contributed by atoms with E-state index in [1.54, 1.807) is 43.5 Å². The third kappa shape index (κ3) is 4.45. The molecule has 0 bridgehead atoms. The Morgan fingerprint density at radius 3 is 2.66 bits per heavy atom. The van der Waals surface area contributed by atoms with Crippen LogP contribution in [-0.4, -0.2) is 41.2 Å². The van der Waals surface area contributed by atoms with Gasteiger partial charge in [-0.2, -0.15) is 0 Å². The second kappa shape index (κ2) is 8.43. The quantitative estimate of drug-likeness (QED) is 0.657. The summed E-state index contributed by atoms with van der Waals surface area (Å²) in [5.74, 6) is 1.49. The van der Waals surface area contributed by atoms with Crippen molar-refractivity contribution in [3.05, 3.63) is 77.3 Å². The number of likely N-dealkylation sites (tertiary alicyclic amines) is 1. The lowest BCUT2D eigenvalue weighted by molar-refractivity contribution is 0.0698. The van der Waals surface area contributed by atoms with Crippen LogP contribution in [0.4, 0.5) is 4.39 Å². The Labute approximate surface area is 168 Å². The van der Waals surface area contributed by atoms with E-state index >= 15 is 0 Å². The lowest BCUT2D eigenvalue weighted by Crippen LogP contribution is -2.39. The SMILES string of the molecule is COc1ccc(C(=O)N2CCCC(c3nnc(Cc4ccc(F)cc4)o3)C2)cc1. The van der Waals surface area contributed by atoms with Crippen molar-refractivity contribution < 1.29 is 18.3 Å². The van der Waals surface area contributed by atoms with Crippen molar-refractivity contribution in [2.75, 3.05) is 20.2 Å². The van der Waals surface area contributed by atoms with Gasteiger partial charge in [-0.25, -0.2) is 4.39 Å². The average Bonchev–Trinajstić information content (AvgIpc) is 3.23. The Morgan fingerprint density at radius 1 is 1.17 bits per heavy atom. The lowest BCUT2D eigenvalue weighted by Gasteiger charge is -2.31. The molecule has 0 N–H and O–H groups in total. The van der Waals surface area contributed by atoms with E-state index in [0.29, 0.717) is 36.9 Å². The van der Waals surface area contributed by atoms with Crippen LogP contribution in [-0.2, 0) is 6.42 Å². The average molecular weight is 395 g/mol. The fourth-order valence-electron chi connectivity index (χ4n) is 3.56. The first-order valence-electron chi connectivity index (χ1n) is 9.62. The summed E-state index contributed by atoms with van der Waals surface area (Å²) in [7, 11) is 1.60. The summed E-state index contributed by atoms with van der Waals surface area (Å²) >= 11 is 0. The molecular weight excluding hydrogens is 373 g/mol. The van der Waals surface area contributed by atoms with Crippen LogP contribution in [0, 0.1) is 5.82 Å². The number of amides is 1. The molecule has 6 nitrogen and oxygen atoms in total. The highest BCUT2D eigenvalue weighted by Gasteiger charge is 2.29. The van der Waals surface area contributed by atoms with E-state index in [1.807, 2.05) is 4.90 Å². The standard InChI is InChI=1S/C22H22FN3O3/c1-28-19-10-6-16(7-11-19)22(27)26-12-2-3-17(14-26)21-25-24-20(29-21)13-15-4-8-18(23)9-5-15/h4-11,17H,2-3,12-14H2,1H3. The minimum Gasteiger partial charge on any atom is -0.497 e. The number of carbonyl (C=O) groups excluding carboxylic acids is 1.